The minimum atomic E-state index is -0.475. The number of nitrogens with one attached hydrogen (secondary N) is 1. The summed E-state index contributed by atoms with van der Waals surface area (Å²) in [7, 11) is 1.60. The summed E-state index contributed by atoms with van der Waals surface area (Å²) in [5.74, 6) is 1.34. The standard InChI is InChI=1S/C21H22ClFN4O2/c1-28-19-10-18-15(9-20(19)29-14-5-2-12(24)3-6-14)21(26-11-25-18)27-13-4-7-17(23)16(22)8-13/h4,7-12,14H,2-3,5-6,24H2,1H3,(H,25,26,27)/t12-,14-. The first-order valence-electron chi connectivity index (χ1n) is 9.50. The van der Waals surface area contributed by atoms with Crippen molar-refractivity contribution in [2.45, 2.75) is 37.8 Å². The zero-order chi connectivity index (χ0) is 20.4. The molecule has 1 aliphatic rings. The van der Waals surface area contributed by atoms with Crippen molar-refractivity contribution in [1.82, 2.24) is 9.97 Å². The van der Waals surface area contributed by atoms with Crippen molar-refractivity contribution in [3.63, 3.8) is 0 Å². The average molecular weight is 417 g/mol. The number of fused-ring (bicyclic) bond motifs is 1. The average Bonchev–Trinajstić information content (AvgIpc) is 2.72. The van der Waals surface area contributed by atoms with E-state index in [1.54, 1.807) is 13.2 Å². The molecule has 1 aromatic heterocycles. The molecule has 1 fully saturated rings. The predicted molar refractivity (Wildman–Crippen MR) is 112 cm³/mol. The van der Waals surface area contributed by atoms with Gasteiger partial charge in [0, 0.05) is 23.2 Å². The molecule has 0 aliphatic heterocycles. The second-order valence-corrected chi connectivity index (χ2v) is 7.56. The van der Waals surface area contributed by atoms with Crippen LogP contribution in [0.1, 0.15) is 25.7 Å². The van der Waals surface area contributed by atoms with Crippen LogP contribution >= 0.6 is 11.6 Å². The molecule has 0 saturated heterocycles. The number of halogens is 2. The Hall–Kier alpha value is -2.64. The molecule has 1 aliphatic carbocycles. The molecule has 0 amide bonds. The van der Waals surface area contributed by atoms with Crippen LogP contribution in [0.15, 0.2) is 36.7 Å². The summed E-state index contributed by atoms with van der Waals surface area (Å²) in [6, 6.07) is 8.36. The summed E-state index contributed by atoms with van der Waals surface area (Å²) < 4.78 is 25.2. The molecule has 0 bridgehead atoms. The second-order valence-electron chi connectivity index (χ2n) is 7.15. The zero-order valence-corrected chi connectivity index (χ0v) is 16.7. The summed E-state index contributed by atoms with van der Waals surface area (Å²) in [6.07, 6.45) is 5.26. The number of nitrogens with two attached hydrogens (primary N) is 1. The molecule has 152 valence electrons. The fourth-order valence-corrected chi connectivity index (χ4v) is 3.69. The van der Waals surface area contributed by atoms with Gasteiger partial charge in [0.25, 0.3) is 0 Å². The summed E-state index contributed by atoms with van der Waals surface area (Å²) in [5.41, 5.74) is 7.32. The molecule has 2 aromatic carbocycles. The first kappa shape index (κ1) is 19.7. The van der Waals surface area contributed by atoms with Crippen LogP contribution in [-0.4, -0.2) is 29.2 Å². The molecule has 29 heavy (non-hydrogen) atoms. The third-order valence-electron chi connectivity index (χ3n) is 5.12. The monoisotopic (exact) mass is 416 g/mol. The van der Waals surface area contributed by atoms with E-state index in [0.717, 1.165) is 31.1 Å². The first-order chi connectivity index (χ1) is 14.0. The molecule has 8 heteroatoms. The lowest BCUT2D eigenvalue weighted by atomic mass is 9.94. The number of hydrogen-bond acceptors (Lipinski definition) is 6. The van der Waals surface area contributed by atoms with Gasteiger partial charge in [-0.25, -0.2) is 14.4 Å². The van der Waals surface area contributed by atoms with Crippen molar-refractivity contribution >= 4 is 34.0 Å². The maximum atomic E-state index is 13.4. The van der Waals surface area contributed by atoms with Gasteiger partial charge in [0.15, 0.2) is 11.5 Å². The Bertz CT molecular complexity index is 1020. The Labute approximate surface area is 173 Å². The van der Waals surface area contributed by atoms with Crippen molar-refractivity contribution in [3.05, 3.63) is 47.5 Å². The van der Waals surface area contributed by atoms with E-state index in [2.05, 4.69) is 15.3 Å². The van der Waals surface area contributed by atoms with Crippen LogP contribution in [0.3, 0.4) is 0 Å². The third-order valence-corrected chi connectivity index (χ3v) is 5.41. The Morgan fingerprint density at radius 2 is 1.90 bits per heavy atom. The number of benzene rings is 2. The zero-order valence-electron chi connectivity index (χ0n) is 16.0. The number of aromatic nitrogens is 2. The molecule has 3 aromatic rings. The molecule has 0 spiro atoms. The normalized spacial score (nSPS) is 19.2. The number of ether oxygens (including phenoxy) is 2. The van der Waals surface area contributed by atoms with E-state index in [9.17, 15) is 4.39 Å². The number of hydrogen-bond donors (Lipinski definition) is 2. The van der Waals surface area contributed by atoms with E-state index in [-0.39, 0.29) is 17.2 Å². The highest BCUT2D eigenvalue weighted by atomic mass is 35.5. The van der Waals surface area contributed by atoms with Crippen LogP contribution in [-0.2, 0) is 0 Å². The highest BCUT2D eigenvalue weighted by Gasteiger charge is 2.22. The summed E-state index contributed by atoms with van der Waals surface area (Å²) in [4.78, 5) is 8.67. The van der Waals surface area contributed by atoms with Gasteiger partial charge in [-0.15, -0.1) is 0 Å². The molecule has 3 N–H and O–H groups in total. The summed E-state index contributed by atoms with van der Waals surface area (Å²) in [6.45, 7) is 0. The van der Waals surface area contributed by atoms with E-state index in [1.165, 1.54) is 18.5 Å². The van der Waals surface area contributed by atoms with E-state index in [0.29, 0.717) is 28.5 Å². The maximum Gasteiger partial charge on any atom is 0.162 e. The quantitative estimate of drug-likeness (QED) is 0.620. The Morgan fingerprint density at radius 3 is 2.62 bits per heavy atom. The lowest BCUT2D eigenvalue weighted by Crippen LogP contribution is -2.31. The van der Waals surface area contributed by atoms with Crippen LogP contribution in [0, 0.1) is 5.82 Å². The minimum absolute atomic E-state index is 0.0366. The minimum Gasteiger partial charge on any atom is -0.493 e. The van der Waals surface area contributed by atoms with Crippen LogP contribution < -0.4 is 20.5 Å². The molecule has 6 nitrogen and oxygen atoms in total. The molecule has 1 heterocycles. The van der Waals surface area contributed by atoms with Crippen LogP contribution in [0.25, 0.3) is 10.9 Å². The lowest BCUT2D eigenvalue weighted by molar-refractivity contribution is 0.142. The second kappa shape index (κ2) is 8.39. The number of anilines is 2. The maximum absolute atomic E-state index is 13.4. The number of nitrogens with zero attached hydrogens (tertiary/aromatic N) is 2. The molecule has 4 rings (SSSR count). The van der Waals surface area contributed by atoms with E-state index in [4.69, 9.17) is 26.8 Å². The molecule has 0 unspecified atom stereocenters. The molecular weight excluding hydrogens is 395 g/mol. The summed E-state index contributed by atoms with van der Waals surface area (Å²) in [5, 5.41) is 3.97. The molecular formula is C21H22ClFN4O2. The topological polar surface area (TPSA) is 82.3 Å². The van der Waals surface area contributed by atoms with Crippen LogP contribution in [0.2, 0.25) is 5.02 Å². The fourth-order valence-electron chi connectivity index (χ4n) is 3.51. The highest BCUT2D eigenvalue weighted by Crippen LogP contribution is 2.37. The van der Waals surface area contributed by atoms with Crippen molar-refractivity contribution < 1.29 is 13.9 Å². The van der Waals surface area contributed by atoms with Crippen molar-refractivity contribution in [2.75, 3.05) is 12.4 Å². The lowest BCUT2D eigenvalue weighted by Gasteiger charge is -2.27. The largest absolute Gasteiger partial charge is 0.493 e. The van der Waals surface area contributed by atoms with E-state index >= 15 is 0 Å². The number of methoxy groups -OCH3 is 1. The van der Waals surface area contributed by atoms with Crippen LogP contribution in [0.4, 0.5) is 15.9 Å². The Balaban J connectivity index is 1.67. The molecule has 1 saturated carbocycles. The SMILES string of the molecule is COc1cc2ncnc(Nc3ccc(F)c(Cl)c3)c2cc1O[C@H]1CC[C@H](N)CC1. The van der Waals surface area contributed by atoms with Crippen molar-refractivity contribution in [3.8, 4) is 11.5 Å². The van der Waals surface area contributed by atoms with Gasteiger partial charge in [0.1, 0.15) is 18.0 Å². The third kappa shape index (κ3) is 4.36. The highest BCUT2D eigenvalue weighted by molar-refractivity contribution is 6.31. The Kier molecular flexibility index (Phi) is 5.69. The van der Waals surface area contributed by atoms with Gasteiger partial charge in [-0.1, -0.05) is 11.6 Å². The molecule has 0 atom stereocenters. The molecule has 0 radical (unpaired) electrons. The van der Waals surface area contributed by atoms with Gasteiger partial charge in [0.2, 0.25) is 0 Å². The van der Waals surface area contributed by atoms with Gasteiger partial charge in [-0.2, -0.15) is 0 Å². The smallest absolute Gasteiger partial charge is 0.162 e. The van der Waals surface area contributed by atoms with E-state index in [1.807, 2.05) is 12.1 Å². The van der Waals surface area contributed by atoms with Crippen molar-refractivity contribution in [1.29, 1.82) is 0 Å². The summed E-state index contributed by atoms with van der Waals surface area (Å²) >= 11 is 5.89. The van der Waals surface area contributed by atoms with Gasteiger partial charge in [0.05, 0.1) is 23.8 Å². The fraction of sp³-hybridized carbons (Fsp3) is 0.333. The van der Waals surface area contributed by atoms with Gasteiger partial charge < -0.3 is 20.5 Å². The van der Waals surface area contributed by atoms with Gasteiger partial charge in [-0.05, 0) is 49.9 Å². The first-order valence-corrected chi connectivity index (χ1v) is 9.88. The number of rotatable bonds is 5. The van der Waals surface area contributed by atoms with Crippen LogP contribution in [0.5, 0.6) is 11.5 Å². The van der Waals surface area contributed by atoms with Crippen molar-refractivity contribution in [2.24, 2.45) is 5.73 Å². The Morgan fingerprint density at radius 1 is 1.10 bits per heavy atom. The predicted octanol–water partition coefficient (Wildman–Crippen LogP) is 4.82. The van der Waals surface area contributed by atoms with Gasteiger partial charge in [-0.3, -0.25) is 0 Å². The van der Waals surface area contributed by atoms with E-state index < -0.39 is 5.82 Å². The van der Waals surface area contributed by atoms with Gasteiger partial charge >= 0.3 is 0 Å².